The first-order valence-corrected chi connectivity index (χ1v) is 9.23. The van der Waals surface area contributed by atoms with Gasteiger partial charge in [-0.1, -0.05) is 48.5 Å². The number of aromatic nitrogens is 2. The third-order valence-corrected chi connectivity index (χ3v) is 4.25. The molecule has 3 aromatic rings. The van der Waals surface area contributed by atoms with Gasteiger partial charge in [0.25, 0.3) is 5.91 Å². The van der Waals surface area contributed by atoms with Crippen molar-refractivity contribution >= 4 is 17.4 Å². The maximum Gasteiger partial charge on any atom is 0.274 e. The summed E-state index contributed by atoms with van der Waals surface area (Å²) in [5, 5.41) is 6.23. The van der Waals surface area contributed by atoms with Gasteiger partial charge in [-0.3, -0.25) is 4.79 Å². The Morgan fingerprint density at radius 3 is 2.43 bits per heavy atom. The van der Waals surface area contributed by atoms with Crippen LogP contribution in [0.1, 0.15) is 16.1 Å². The van der Waals surface area contributed by atoms with E-state index in [2.05, 4.69) is 25.5 Å². The number of rotatable bonds is 7. The fourth-order valence-corrected chi connectivity index (χ4v) is 2.68. The molecule has 0 bridgehead atoms. The molecular weight excluding hydrogens is 350 g/mol. The first-order chi connectivity index (χ1) is 13.5. The van der Waals surface area contributed by atoms with E-state index in [9.17, 15) is 4.79 Å². The number of hydrogen-bond acceptors (Lipinski definition) is 5. The molecule has 1 aromatic heterocycles. The molecule has 0 saturated carbocycles. The van der Waals surface area contributed by atoms with Crippen LogP contribution < -0.4 is 10.6 Å². The standard InChI is InChI=1S/C22H25N5O/c1-16-9-7-8-12-18(16)25-22(28)19-15-20(23-13-14-27(2)3)26-21(24-19)17-10-5-4-6-11-17/h4-12,15H,13-14H2,1-3H3,(H,25,28)(H,23,24,26). The molecular formula is C22H25N5O. The van der Waals surface area contributed by atoms with Crippen LogP contribution in [0.25, 0.3) is 11.4 Å². The lowest BCUT2D eigenvalue weighted by Crippen LogP contribution is -2.22. The van der Waals surface area contributed by atoms with E-state index in [4.69, 9.17) is 0 Å². The van der Waals surface area contributed by atoms with Gasteiger partial charge in [0, 0.05) is 30.4 Å². The van der Waals surface area contributed by atoms with E-state index in [0.29, 0.717) is 17.3 Å². The normalized spacial score (nSPS) is 10.7. The Balaban J connectivity index is 1.90. The van der Waals surface area contributed by atoms with Crippen molar-refractivity contribution in [3.05, 3.63) is 71.9 Å². The van der Waals surface area contributed by atoms with Gasteiger partial charge in [0.2, 0.25) is 0 Å². The van der Waals surface area contributed by atoms with Gasteiger partial charge in [0.15, 0.2) is 5.82 Å². The molecule has 144 valence electrons. The topological polar surface area (TPSA) is 70.2 Å². The zero-order valence-electron chi connectivity index (χ0n) is 16.4. The number of anilines is 2. The minimum absolute atomic E-state index is 0.260. The first kappa shape index (κ1) is 19.5. The Bertz CT molecular complexity index is 941. The van der Waals surface area contributed by atoms with Crippen molar-refractivity contribution in [3.8, 4) is 11.4 Å². The van der Waals surface area contributed by atoms with E-state index in [0.717, 1.165) is 29.9 Å². The molecule has 3 rings (SSSR count). The number of carbonyl (C=O) groups is 1. The van der Waals surface area contributed by atoms with E-state index in [-0.39, 0.29) is 5.91 Å². The van der Waals surface area contributed by atoms with Crippen molar-refractivity contribution in [1.82, 2.24) is 14.9 Å². The summed E-state index contributed by atoms with van der Waals surface area (Å²) in [6.07, 6.45) is 0. The molecule has 0 fully saturated rings. The lowest BCUT2D eigenvalue weighted by molar-refractivity contribution is 0.102. The highest BCUT2D eigenvalue weighted by Gasteiger charge is 2.14. The smallest absolute Gasteiger partial charge is 0.274 e. The van der Waals surface area contributed by atoms with Crippen molar-refractivity contribution in [2.45, 2.75) is 6.92 Å². The SMILES string of the molecule is Cc1ccccc1NC(=O)c1cc(NCCN(C)C)nc(-c2ccccc2)n1. The molecule has 0 saturated heterocycles. The maximum atomic E-state index is 12.8. The molecule has 2 aromatic carbocycles. The molecule has 1 amide bonds. The summed E-state index contributed by atoms with van der Waals surface area (Å²) in [4.78, 5) is 24.0. The Morgan fingerprint density at radius 2 is 1.71 bits per heavy atom. The van der Waals surface area contributed by atoms with Crippen LogP contribution >= 0.6 is 0 Å². The summed E-state index contributed by atoms with van der Waals surface area (Å²) in [7, 11) is 4.02. The lowest BCUT2D eigenvalue weighted by atomic mass is 10.2. The number of aryl methyl sites for hydroxylation is 1. The monoisotopic (exact) mass is 375 g/mol. The van der Waals surface area contributed by atoms with Crippen LogP contribution in [-0.4, -0.2) is 48.0 Å². The summed E-state index contributed by atoms with van der Waals surface area (Å²) < 4.78 is 0. The Kier molecular flexibility index (Phi) is 6.34. The van der Waals surface area contributed by atoms with E-state index < -0.39 is 0 Å². The molecule has 0 aliphatic heterocycles. The number of amides is 1. The summed E-state index contributed by atoms with van der Waals surface area (Å²) in [6, 6.07) is 19.0. The van der Waals surface area contributed by atoms with Crippen molar-refractivity contribution in [2.75, 3.05) is 37.8 Å². The van der Waals surface area contributed by atoms with Gasteiger partial charge in [0.05, 0.1) is 0 Å². The molecule has 2 N–H and O–H groups in total. The van der Waals surface area contributed by atoms with Gasteiger partial charge in [-0.25, -0.2) is 9.97 Å². The van der Waals surface area contributed by atoms with E-state index >= 15 is 0 Å². The fraction of sp³-hybridized carbons (Fsp3) is 0.227. The molecule has 0 atom stereocenters. The van der Waals surface area contributed by atoms with E-state index in [1.54, 1.807) is 6.07 Å². The maximum absolute atomic E-state index is 12.8. The second-order valence-corrected chi connectivity index (χ2v) is 6.83. The molecule has 6 nitrogen and oxygen atoms in total. The number of nitrogens with one attached hydrogen (secondary N) is 2. The minimum atomic E-state index is -0.260. The first-order valence-electron chi connectivity index (χ1n) is 9.23. The molecule has 6 heteroatoms. The van der Waals surface area contributed by atoms with Crippen LogP contribution in [0.5, 0.6) is 0 Å². The van der Waals surface area contributed by atoms with Gasteiger partial charge >= 0.3 is 0 Å². The molecule has 0 unspecified atom stereocenters. The van der Waals surface area contributed by atoms with E-state index in [1.807, 2.05) is 75.6 Å². The van der Waals surface area contributed by atoms with Crippen molar-refractivity contribution in [2.24, 2.45) is 0 Å². The number of hydrogen-bond donors (Lipinski definition) is 2. The van der Waals surface area contributed by atoms with Crippen molar-refractivity contribution < 1.29 is 4.79 Å². The molecule has 0 spiro atoms. The highest BCUT2D eigenvalue weighted by atomic mass is 16.1. The molecule has 0 aliphatic carbocycles. The molecule has 1 heterocycles. The van der Waals surface area contributed by atoms with Gasteiger partial charge in [0.1, 0.15) is 11.5 Å². The third kappa shape index (κ3) is 5.14. The number of para-hydroxylation sites is 1. The summed E-state index contributed by atoms with van der Waals surface area (Å²) >= 11 is 0. The number of carbonyl (C=O) groups excluding carboxylic acids is 1. The third-order valence-electron chi connectivity index (χ3n) is 4.25. The molecule has 0 radical (unpaired) electrons. The average Bonchev–Trinajstić information content (AvgIpc) is 2.70. The number of likely N-dealkylation sites (N-methyl/N-ethyl adjacent to an activating group) is 1. The Hall–Kier alpha value is -3.25. The highest BCUT2D eigenvalue weighted by molar-refractivity contribution is 6.03. The molecule has 0 aliphatic rings. The van der Waals surface area contributed by atoms with Crippen LogP contribution in [0.3, 0.4) is 0 Å². The van der Waals surface area contributed by atoms with Crippen LogP contribution in [0.15, 0.2) is 60.7 Å². The summed E-state index contributed by atoms with van der Waals surface area (Å²) in [5.41, 5.74) is 2.96. The van der Waals surface area contributed by atoms with Crippen LogP contribution in [0, 0.1) is 6.92 Å². The van der Waals surface area contributed by atoms with E-state index in [1.165, 1.54) is 0 Å². The Labute approximate surface area is 165 Å². The largest absolute Gasteiger partial charge is 0.369 e. The van der Waals surface area contributed by atoms with Crippen LogP contribution in [-0.2, 0) is 0 Å². The van der Waals surface area contributed by atoms with Crippen molar-refractivity contribution in [1.29, 1.82) is 0 Å². The van der Waals surface area contributed by atoms with Crippen LogP contribution in [0.4, 0.5) is 11.5 Å². The van der Waals surface area contributed by atoms with Gasteiger partial charge in [-0.15, -0.1) is 0 Å². The molecule has 28 heavy (non-hydrogen) atoms. The van der Waals surface area contributed by atoms with Gasteiger partial charge < -0.3 is 15.5 Å². The number of benzene rings is 2. The second kappa shape index (κ2) is 9.10. The summed E-state index contributed by atoms with van der Waals surface area (Å²) in [6.45, 7) is 3.53. The zero-order chi connectivity index (χ0) is 19.9. The lowest BCUT2D eigenvalue weighted by Gasteiger charge is -2.13. The van der Waals surface area contributed by atoms with Gasteiger partial charge in [-0.2, -0.15) is 0 Å². The van der Waals surface area contributed by atoms with Crippen molar-refractivity contribution in [3.63, 3.8) is 0 Å². The predicted octanol–water partition coefficient (Wildman–Crippen LogP) is 3.68. The fourth-order valence-electron chi connectivity index (χ4n) is 2.68. The zero-order valence-corrected chi connectivity index (χ0v) is 16.4. The quantitative estimate of drug-likeness (QED) is 0.659. The van der Waals surface area contributed by atoms with Gasteiger partial charge in [-0.05, 0) is 32.6 Å². The number of nitrogens with zero attached hydrogens (tertiary/aromatic N) is 3. The van der Waals surface area contributed by atoms with Crippen LogP contribution in [0.2, 0.25) is 0 Å². The average molecular weight is 375 g/mol. The summed E-state index contributed by atoms with van der Waals surface area (Å²) in [5.74, 6) is 0.889. The minimum Gasteiger partial charge on any atom is -0.369 e. The second-order valence-electron chi connectivity index (χ2n) is 6.83. The predicted molar refractivity (Wildman–Crippen MR) is 114 cm³/mol. The Morgan fingerprint density at radius 1 is 1.00 bits per heavy atom. The highest BCUT2D eigenvalue weighted by Crippen LogP contribution is 2.19.